The summed E-state index contributed by atoms with van der Waals surface area (Å²) in [6.07, 6.45) is 2.57. The van der Waals surface area contributed by atoms with Crippen molar-refractivity contribution in [3.63, 3.8) is 0 Å². The van der Waals surface area contributed by atoms with Crippen LogP contribution in [0.3, 0.4) is 0 Å². The van der Waals surface area contributed by atoms with Gasteiger partial charge in [0.05, 0.1) is 38.9 Å². The van der Waals surface area contributed by atoms with Gasteiger partial charge < -0.3 is 28.8 Å². The van der Waals surface area contributed by atoms with E-state index in [0.29, 0.717) is 54.8 Å². The zero-order chi connectivity index (χ0) is 28.5. The summed E-state index contributed by atoms with van der Waals surface area (Å²) in [6.45, 7) is 6.15. The summed E-state index contributed by atoms with van der Waals surface area (Å²) in [7, 11) is 4.59. The molecule has 0 saturated carbocycles. The molecule has 0 aliphatic carbocycles. The average molecular weight is 546 g/mol. The molecular formula is C32H39N3O5. The van der Waals surface area contributed by atoms with Gasteiger partial charge in [0.25, 0.3) is 5.91 Å². The third-order valence-corrected chi connectivity index (χ3v) is 7.17. The number of fused-ring (bicyclic) bond motifs is 1. The summed E-state index contributed by atoms with van der Waals surface area (Å²) in [4.78, 5) is 17.7. The maximum Gasteiger partial charge on any atom is 0.251 e. The lowest BCUT2D eigenvalue weighted by molar-refractivity contribution is 0.0952. The lowest BCUT2D eigenvalue weighted by Crippen LogP contribution is -2.25. The van der Waals surface area contributed by atoms with Crippen molar-refractivity contribution in [2.24, 2.45) is 0 Å². The molecule has 1 aromatic heterocycles. The lowest BCUT2D eigenvalue weighted by atomic mass is 9.99. The number of nitrogens with zero attached hydrogens (tertiary/aromatic N) is 2. The van der Waals surface area contributed by atoms with Gasteiger partial charge in [-0.15, -0.1) is 0 Å². The van der Waals surface area contributed by atoms with Gasteiger partial charge in [-0.25, -0.2) is 4.98 Å². The Morgan fingerprint density at radius 3 is 2.33 bits per heavy atom. The summed E-state index contributed by atoms with van der Waals surface area (Å²) >= 11 is 0. The molecule has 0 aliphatic rings. The standard InChI is InChI=1S/C32H39N3O5/c1-6-22(2)23-13-15-25(16-14-23)40-19-18-35-27-11-8-7-10-26(27)34-30(35)12-9-17-33-32(36)24-20-28(37-3)31(39-5)29(21-24)38-4/h7-8,10-11,13-16,20-22H,6,9,12,17-19H2,1-5H3,(H,33,36). The molecule has 0 radical (unpaired) electrons. The van der Waals surface area contributed by atoms with Crippen LogP contribution in [0.1, 0.15) is 54.4 Å². The van der Waals surface area contributed by atoms with Crippen LogP contribution in [0, 0.1) is 0 Å². The smallest absolute Gasteiger partial charge is 0.251 e. The van der Waals surface area contributed by atoms with Crippen molar-refractivity contribution in [3.05, 3.63) is 77.6 Å². The van der Waals surface area contributed by atoms with Gasteiger partial charge >= 0.3 is 0 Å². The predicted molar refractivity (Wildman–Crippen MR) is 157 cm³/mol. The monoisotopic (exact) mass is 545 g/mol. The number of hydrogen-bond acceptors (Lipinski definition) is 6. The van der Waals surface area contributed by atoms with E-state index in [4.69, 9.17) is 23.9 Å². The molecule has 8 heteroatoms. The Bertz CT molecular complexity index is 1390. The Morgan fingerprint density at radius 2 is 1.68 bits per heavy atom. The van der Waals surface area contributed by atoms with Gasteiger partial charge in [0.2, 0.25) is 5.75 Å². The van der Waals surface area contributed by atoms with Gasteiger partial charge in [-0.1, -0.05) is 38.1 Å². The zero-order valence-corrected chi connectivity index (χ0v) is 24.0. The number of aryl methyl sites for hydroxylation is 1. The second-order valence-electron chi connectivity index (χ2n) is 9.67. The lowest BCUT2D eigenvalue weighted by Gasteiger charge is -2.14. The van der Waals surface area contributed by atoms with Gasteiger partial charge in [-0.2, -0.15) is 0 Å². The van der Waals surface area contributed by atoms with Crippen molar-refractivity contribution in [1.29, 1.82) is 0 Å². The normalized spacial score (nSPS) is 11.7. The van der Waals surface area contributed by atoms with Crippen molar-refractivity contribution < 1.29 is 23.7 Å². The van der Waals surface area contributed by atoms with E-state index in [1.165, 1.54) is 26.9 Å². The molecule has 40 heavy (non-hydrogen) atoms. The van der Waals surface area contributed by atoms with E-state index in [2.05, 4.69) is 41.9 Å². The van der Waals surface area contributed by atoms with Crippen molar-refractivity contribution in [1.82, 2.24) is 14.9 Å². The Kier molecular flexibility index (Phi) is 9.89. The number of amides is 1. The molecule has 8 nitrogen and oxygen atoms in total. The van der Waals surface area contributed by atoms with E-state index in [1.807, 2.05) is 30.3 Å². The molecular weight excluding hydrogens is 506 g/mol. The van der Waals surface area contributed by atoms with E-state index in [-0.39, 0.29) is 5.91 Å². The number of carbonyl (C=O) groups excluding carboxylic acids is 1. The highest BCUT2D eigenvalue weighted by atomic mass is 16.5. The second kappa shape index (κ2) is 13.7. The molecule has 0 bridgehead atoms. The van der Waals surface area contributed by atoms with Crippen LogP contribution in [0.4, 0.5) is 0 Å². The van der Waals surface area contributed by atoms with Crippen LogP contribution in [-0.4, -0.2) is 49.9 Å². The summed E-state index contributed by atoms with van der Waals surface area (Å²) in [5.41, 5.74) is 3.80. The van der Waals surface area contributed by atoms with E-state index in [9.17, 15) is 4.79 Å². The van der Waals surface area contributed by atoms with Crippen LogP contribution in [0.5, 0.6) is 23.0 Å². The Hall–Kier alpha value is -4.20. The van der Waals surface area contributed by atoms with Crippen LogP contribution in [-0.2, 0) is 13.0 Å². The highest BCUT2D eigenvalue weighted by molar-refractivity contribution is 5.95. The van der Waals surface area contributed by atoms with Crippen LogP contribution < -0.4 is 24.3 Å². The van der Waals surface area contributed by atoms with Gasteiger partial charge in [0, 0.05) is 18.5 Å². The first-order valence-corrected chi connectivity index (χ1v) is 13.7. The topological polar surface area (TPSA) is 83.8 Å². The molecule has 0 spiro atoms. The summed E-state index contributed by atoms with van der Waals surface area (Å²) in [6, 6.07) is 19.8. The first-order chi connectivity index (χ1) is 19.5. The van der Waals surface area contributed by atoms with Crippen molar-refractivity contribution in [3.8, 4) is 23.0 Å². The molecule has 1 heterocycles. The average Bonchev–Trinajstić information content (AvgIpc) is 3.35. The number of para-hydroxylation sites is 2. The van der Waals surface area contributed by atoms with Gasteiger partial charge in [0.1, 0.15) is 18.2 Å². The quantitative estimate of drug-likeness (QED) is 0.195. The SMILES string of the molecule is CCC(C)c1ccc(OCCn2c(CCCNC(=O)c3cc(OC)c(OC)c(OC)c3)nc3ccccc32)cc1. The largest absolute Gasteiger partial charge is 0.493 e. The molecule has 0 fully saturated rings. The molecule has 1 N–H and O–H groups in total. The Morgan fingerprint density at radius 1 is 0.975 bits per heavy atom. The fourth-order valence-electron chi connectivity index (χ4n) is 4.71. The molecule has 3 aromatic carbocycles. The molecule has 0 aliphatic heterocycles. The van der Waals surface area contributed by atoms with Crippen LogP contribution in [0.2, 0.25) is 0 Å². The minimum atomic E-state index is -0.208. The molecule has 1 unspecified atom stereocenters. The third-order valence-electron chi connectivity index (χ3n) is 7.17. The summed E-state index contributed by atoms with van der Waals surface area (Å²) in [5, 5.41) is 2.99. The second-order valence-corrected chi connectivity index (χ2v) is 9.67. The van der Waals surface area contributed by atoms with Crippen molar-refractivity contribution in [2.75, 3.05) is 34.5 Å². The van der Waals surface area contributed by atoms with E-state index in [0.717, 1.165) is 35.4 Å². The Labute approximate surface area is 236 Å². The number of methoxy groups -OCH3 is 3. The molecule has 0 saturated heterocycles. The number of rotatable bonds is 14. The van der Waals surface area contributed by atoms with Crippen molar-refractivity contribution in [2.45, 2.75) is 45.6 Å². The fraction of sp³-hybridized carbons (Fsp3) is 0.375. The molecule has 4 rings (SSSR count). The Balaban J connectivity index is 1.36. The van der Waals surface area contributed by atoms with Gasteiger partial charge in [-0.05, 0) is 60.7 Å². The number of imidazole rings is 1. The van der Waals surface area contributed by atoms with Crippen LogP contribution in [0.25, 0.3) is 11.0 Å². The number of hydrogen-bond donors (Lipinski definition) is 1. The zero-order valence-electron chi connectivity index (χ0n) is 24.0. The molecule has 1 atom stereocenters. The number of carbonyl (C=O) groups is 1. The number of ether oxygens (including phenoxy) is 4. The maximum absolute atomic E-state index is 12.9. The van der Waals surface area contributed by atoms with Gasteiger partial charge in [-0.3, -0.25) is 4.79 Å². The first-order valence-electron chi connectivity index (χ1n) is 13.7. The maximum atomic E-state index is 12.9. The third kappa shape index (κ3) is 6.68. The van der Waals surface area contributed by atoms with E-state index in [1.54, 1.807) is 12.1 Å². The predicted octanol–water partition coefficient (Wildman–Crippen LogP) is 6.02. The summed E-state index contributed by atoms with van der Waals surface area (Å²) < 4.78 is 24.4. The highest BCUT2D eigenvalue weighted by Crippen LogP contribution is 2.38. The summed E-state index contributed by atoms with van der Waals surface area (Å²) in [5.74, 6) is 3.50. The van der Waals surface area contributed by atoms with Crippen LogP contribution >= 0.6 is 0 Å². The van der Waals surface area contributed by atoms with Gasteiger partial charge in [0.15, 0.2) is 11.5 Å². The van der Waals surface area contributed by atoms with Crippen LogP contribution in [0.15, 0.2) is 60.7 Å². The van der Waals surface area contributed by atoms with E-state index >= 15 is 0 Å². The number of nitrogens with one attached hydrogen (secondary N) is 1. The number of benzene rings is 3. The fourth-order valence-corrected chi connectivity index (χ4v) is 4.71. The first kappa shape index (κ1) is 28.8. The molecule has 212 valence electrons. The minimum Gasteiger partial charge on any atom is -0.493 e. The highest BCUT2D eigenvalue weighted by Gasteiger charge is 2.17. The van der Waals surface area contributed by atoms with E-state index < -0.39 is 0 Å². The molecule has 4 aromatic rings. The molecule has 1 amide bonds. The number of aromatic nitrogens is 2. The van der Waals surface area contributed by atoms with Crippen molar-refractivity contribution >= 4 is 16.9 Å². The minimum absolute atomic E-state index is 0.208.